The normalized spacial score (nSPS) is 17.0. The zero-order chi connectivity index (χ0) is 24.3. The molecule has 0 bridgehead atoms. The summed E-state index contributed by atoms with van der Waals surface area (Å²) in [5.41, 5.74) is -1.11. The molecule has 0 aromatic heterocycles. The molecule has 0 saturated heterocycles. The highest BCUT2D eigenvalue weighted by atomic mass is 32.2. The van der Waals surface area contributed by atoms with Crippen molar-refractivity contribution in [1.29, 1.82) is 5.26 Å². The quantitative estimate of drug-likeness (QED) is 0.439. The molecule has 0 saturated carbocycles. The summed E-state index contributed by atoms with van der Waals surface area (Å²) in [6.07, 6.45) is -0.480. The van der Waals surface area contributed by atoms with Crippen LogP contribution in [0.15, 0.2) is 48.2 Å². The molecule has 1 atom stereocenters. The summed E-state index contributed by atoms with van der Waals surface area (Å²) < 4.78 is 80.9. The lowest BCUT2D eigenvalue weighted by atomic mass is 10.00. The molecule has 0 fully saturated rings. The number of nitrogens with one attached hydrogen (secondary N) is 2. The van der Waals surface area contributed by atoms with E-state index >= 15 is 0 Å². The van der Waals surface area contributed by atoms with Crippen LogP contribution in [0.5, 0.6) is 0 Å². The van der Waals surface area contributed by atoms with Gasteiger partial charge in [-0.1, -0.05) is 12.2 Å². The van der Waals surface area contributed by atoms with Gasteiger partial charge in [0.05, 0.1) is 11.8 Å². The van der Waals surface area contributed by atoms with Gasteiger partial charge in [0.2, 0.25) is 10.0 Å². The maximum absolute atomic E-state index is 14.6. The molecule has 0 aliphatic carbocycles. The third-order valence-corrected chi connectivity index (χ3v) is 5.08. The minimum absolute atomic E-state index is 0.0728. The number of hydrogen-bond acceptors (Lipinski definition) is 5. The van der Waals surface area contributed by atoms with Crippen LogP contribution in [0.3, 0.4) is 0 Å². The van der Waals surface area contributed by atoms with Crippen LogP contribution in [0, 0.1) is 17.1 Å². The van der Waals surface area contributed by atoms with Crippen molar-refractivity contribution in [1.82, 2.24) is 10.2 Å². The van der Waals surface area contributed by atoms with Gasteiger partial charge >= 0.3 is 6.18 Å². The molecular weight excluding hydrogens is 448 g/mol. The second-order valence-corrected chi connectivity index (χ2v) is 9.37. The highest BCUT2D eigenvalue weighted by Crippen LogP contribution is 2.36. The third kappa shape index (κ3) is 6.34. The van der Waals surface area contributed by atoms with Crippen LogP contribution in [-0.4, -0.2) is 38.0 Å². The summed E-state index contributed by atoms with van der Waals surface area (Å²) in [4.78, 5) is 1.05. The van der Waals surface area contributed by atoms with E-state index in [9.17, 15) is 31.2 Å². The standard InChI is InChI=1S/C21H24F4N4O2S/c1-5-6-15-7-8-18(21(23,24)25)29(20(15)27-13(2)3)12-14-9-16(11-26)19(17(22)10-14)28-32(4,30)31/h5,7-10,13,20,27-28H,1,6,12H2,2-4H3. The number of allylic oxidation sites excluding steroid dienone is 4. The number of benzene rings is 1. The topological polar surface area (TPSA) is 85.2 Å². The van der Waals surface area contributed by atoms with Crippen molar-refractivity contribution in [3.63, 3.8) is 0 Å². The summed E-state index contributed by atoms with van der Waals surface area (Å²) in [6, 6.07) is 3.60. The lowest BCUT2D eigenvalue weighted by molar-refractivity contribution is -0.117. The summed E-state index contributed by atoms with van der Waals surface area (Å²) >= 11 is 0. The van der Waals surface area contributed by atoms with Crippen molar-refractivity contribution in [2.75, 3.05) is 11.0 Å². The summed E-state index contributed by atoms with van der Waals surface area (Å²) in [5.74, 6) is -1.06. The minimum Gasteiger partial charge on any atom is -0.344 e. The molecule has 0 spiro atoms. The number of nitrogens with zero attached hydrogens (tertiary/aromatic N) is 2. The van der Waals surface area contributed by atoms with Gasteiger partial charge in [0, 0.05) is 12.6 Å². The Hall–Kier alpha value is -2.84. The maximum atomic E-state index is 14.6. The minimum atomic E-state index is -4.68. The molecule has 1 aromatic carbocycles. The molecule has 11 heteroatoms. The third-order valence-electron chi connectivity index (χ3n) is 4.50. The molecule has 2 rings (SSSR count). The van der Waals surface area contributed by atoms with Crippen LogP contribution in [0.1, 0.15) is 31.4 Å². The fraction of sp³-hybridized carbons (Fsp3) is 0.381. The zero-order valence-electron chi connectivity index (χ0n) is 17.8. The van der Waals surface area contributed by atoms with Gasteiger partial charge in [0.25, 0.3) is 0 Å². The van der Waals surface area contributed by atoms with Gasteiger partial charge < -0.3 is 4.90 Å². The Balaban J connectivity index is 2.56. The predicted octanol–water partition coefficient (Wildman–Crippen LogP) is 4.16. The Labute approximate surface area is 185 Å². The lowest BCUT2D eigenvalue weighted by Crippen LogP contribution is -2.52. The molecule has 1 heterocycles. The molecule has 32 heavy (non-hydrogen) atoms. The van der Waals surface area contributed by atoms with E-state index < -0.39 is 39.6 Å². The van der Waals surface area contributed by atoms with E-state index in [1.807, 2.05) is 4.72 Å². The predicted molar refractivity (Wildman–Crippen MR) is 114 cm³/mol. The van der Waals surface area contributed by atoms with Crippen LogP contribution in [-0.2, 0) is 16.6 Å². The number of nitriles is 1. The molecule has 6 nitrogen and oxygen atoms in total. The van der Waals surface area contributed by atoms with Gasteiger partial charge in [-0.3, -0.25) is 10.0 Å². The highest BCUT2D eigenvalue weighted by molar-refractivity contribution is 7.92. The Kier molecular flexibility index (Phi) is 7.74. The number of hydrogen-bond donors (Lipinski definition) is 2. The number of halogens is 4. The second-order valence-electron chi connectivity index (χ2n) is 7.62. The molecule has 1 aliphatic heterocycles. The molecular formula is C21H24F4N4O2S. The first kappa shape index (κ1) is 25.4. The largest absolute Gasteiger partial charge is 0.431 e. The smallest absolute Gasteiger partial charge is 0.344 e. The highest BCUT2D eigenvalue weighted by Gasteiger charge is 2.42. The van der Waals surface area contributed by atoms with E-state index in [0.29, 0.717) is 12.0 Å². The average molecular weight is 473 g/mol. The van der Waals surface area contributed by atoms with Crippen molar-refractivity contribution in [2.45, 2.75) is 45.2 Å². The first-order valence-corrected chi connectivity index (χ1v) is 11.5. The summed E-state index contributed by atoms with van der Waals surface area (Å²) in [5, 5.41) is 12.4. The molecule has 0 radical (unpaired) electrons. The molecule has 2 N–H and O–H groups in total. The van der Waals surface area contributed by atoms with E-state index in [0.717, 1.165) is 23.3 Å². The molecule has 1 aliphatic rings. The first-order valence-electron chi connectivity index (χ1n) is 9.58. The Bertz CT molecular complexity index is 1090. The van der Waals surface area contributed by atoms with Crippen molar-refractivity contribution in [2.24, 2.45) is 0 Å². The van der Waals surface area contributed by atoms with Crippen LogP contribution >= 0.6 is 0 Å². The fourth-order valence-corrected chi connectivity index (χ4v) is 3.91. The second kappa shape index (κ2) is 9.75. The van der Waals surface area contributed by atoms with Gasteiger partial charge in [-0.05, 0) is 49.6 Å². The maximum Gasteiger partial charge on any atom is 0.431 e. The fourth-order valence-electron chi connectivity index (χ4n) is 3.33. The Morgan fingerprint density at radius 1 is 1.31 bits per heavy atom. The Morgan fingerprint density at radius 3 is 2.47 bits per heavy atom. The number of alkyl halides is 3. The van der Waals surface area contributed by atoms with Crippen molar-refractivity contribution >= 4 is 15.7 Å². The van der Waals surface area contributed by atoms with E-state index in [1.54, 1.807) is 26.0 Å². The van der Waals surface area contributed by atoms with Crippen molar-refractivity contribution < 1.29 is 26.0 Å². The Morgan fingerprint density at radius 2 is 1.97 bits per heavy atom. The summed E-state index contributed by atoms with van der Waals surface area (Å²) in [7, 11) is -3.87. The number of sulfonamides is 1. The molecule has 174 valence electrons. The van der Waals surface area contributed by atoms with Gasteiger partial charge in [0.1, 0.15) is 29.4 Å². The molecule has 1 aromatic rings. The SMILES string of the molecule is C=CCC1=CC=C(C(F)(F)F)N(Cc2cc(F)c(NS(C)(=O)=O)c(C#N)c2)C1NC(C)C. The average Bonchev–Trinajstić information content (AvgIpc) is 2.64. The van der Waals surface area contributed by atoms with E-state index in [1.165, 1.54) is 12.1 Å². The van der Waals surface area contributed by atoms with Gasteiger partial charge in [-0.2, -0.15) is 18.4 Å². The van der Waals surface area contributed by atoms with Gasteiger partial charge in [0.15, 0.2) is 0 Å². The van der Waals surface area contributed by atoms with E-state index in [-0.39, 0.29) is 23.7 Å². The zero-order valence-corrected chi connectivity index (χ0v) is 18.6. The van der Waals surface area contributed by atoms with E-state index in [4.69, 9.17) is 0 Å². The van der Waals surface area contributed by atoms with E-state index in [2.05, 4.69) is 11.9 Å². The van der Waals surface area contributed by atoms with Crippen LogP contribution < -0.4 is 10.0 Å². The summed E-state index contributed by atoms with van der Waals surface area (Å²) in [6.45, 7) is 6.84. The number of anilines is 1. The van der Waals surface area contributed by atoms with Crippen LogP contribution in [0.2, 0.25) is 0 Å². The van der Waals surface area contributed by atoms with Crippen LogP contribution in [0.25, 0.3) is 0 Å². The monoisotopic (exact) mass is 472 g/mol. The van der Waals surface area contributed by atoms with Crippen molar-refractivity contribution in [3.05, 3.63) is 65.2 Å². The molecule has 0 amide bonds. The van der Waals surface area contributed by atoms with Gasteiger partial charge in [-0.25, -0.2) is 12.8 Å². The van der Waals surface area contributed by atoms with Crippen LogP contribution in [0.4, 0.5) is 23.2 Å². The van der Waals surface area contributed by atoms with Crippen molar-refractivity contribution in [3.8, 4) is 6.07 Å². The first-order chi connectivity index (χ1) is 14.8. The molecule has 1 unspecified atom stereocenters. The van der Waals surface area contributed by atoms with Gasteiger partial charge in [-0.15, -0.1) is 6.58 Å². The number of rotatable bonds is 8. The lowest BCUT2D eigenvalue weighted by Gasteiger charge is -2.41.